The van der Waals surface area contributed by atoms with Crippen LogP contribution in [0.5, 0.6) is 5.75 Å². The zero-order valence-corrected chi connectivity index (χ0v) is 15.3. The van der Waals surface area contributed by atoms with Gasteiger partial charge >= 0.3 is 0 Å². The van der Waals surface area contributed by atoms with Gasteiger partial charge in [-0.2, -0.15) is 0 Å². The van der Waals surface area contributed by atoms with Crippen LogP contribution in [0.3, 0.4) is 0 Å². The van der Waals surface area contributed by atoms with Crippen molar-refractivity contribution in [3.05, 3.63) is 29.3 Å². The highest BCUT2D eigenvalue weighted by Gasteiger charge is 2.72. The van der Waals surface area contributed by atoms with Crippen LogP contribution >= 0.6 is 0 Å². The van der Waals surface area contributed by atoms with Crippen molar-refractivity contribution in [1.29, 1.82) is 0 Å². The van der Waals surface area contributed by atoms with Crippen molar-refractivity contribution in [2.45, 2.75) is 69.8 Å². The molecule has 25 heavy (non-hydrogen) atoms. The molecule has 1 aromatic carbocycles. The number of ether oxygens (including phenoxy) is 1. The number of carbonyl (C=O) groups excluding carboxylic acids is 1. The zero-order chi connectivity index (χ0) is 17.4. The first-order chi connectivity index (χ1) is 11.9. The van der Waals surface area contributed by atoms with Crippen molar-refractivity contribution in [1.82, 2.24) is 0 Å². The third-order valence-electron chi connectivity index (χ3n) is 8.74. The number of rotatable bonds is 1. The van der Waals surface area contributed by atoms with E-state index in [1.54, 1.807) is 7.11 Å². The van der Waals surface area contributed by atoms with Crippen LogP contribution in [0.1, 0.15) is 68.9 Å². The summed E-state index contributed by atoms with van der Waals surface area (Å²) in [6.07, 6.45) is 7.31. The van der Waals surface area contributed by atoms with Crippen LogP contribution in [0.4, 0.5) is 0 Å². The van der Waals surface area contributed by atoms with Crippen LogP contribution in [-0.4, -0.2) is 23.6 Å². The summed E-state index contributed by atoms with van der Waals surface area (Å²) in [6, 6.07) is 6.55. The lowest BCUT2D eigenvalue weighted by Crippen LogP contribution is -2.61. The van der Waals surface area contributed by atoms with Crippen molar-refractivity contribution in [2.24, 2.45) is 16.7 Å². The highest BCUT2D eigenvalue weighted by Crippen LogP contribution is 2.74. The second-order valence-electron chi connectivity index (χ2n) is 9.27. The number of benzene rings is 1. The van der Waals surface area contributed by atoms with Crippen molar-refractivity contribution >= 4 is 5.78 Å². The van der Waals surface area contributed by atoms with Crippen LogP contribution in [0, 0.1) is 16.7 Å². The molecular formula is C22H28O3. The van der Waals surface area contributed by atoms with Crippen molar-refractivity contribution < 1.29 is 14.6 Å². The van der Waals surface area contributed by atoms with Gasteiger partial charge in [-0.15, -0.1) is 0 Å². The molecule has 1 aromatic rings. The first-order valence-electron chi connectivity index (χ1n) is 9.83. The van der Waals surface area contributed by atoms with Gasteiger partial charge in [-0.3, -0.25) is 4.79 Å². The van der Waals surface area contributed by atoms with Crippen LogP contribution in [0.25, 0.3) is 0 Å². The van der Waals surface area contributed by atoms with E-state index in [-0.39, 0.29) is 10.8 Å². The number of hydrogen-bond acceptors (Lipinski definition) is 3. The molecule has 4 aliphatic carbocycles. The maximum absolute atomic E-state index is 12.5. The highest BCUT2D eigenvalue weighted by molar-refractivity contribution is 5.82. The molecule has 1 N–H and O–H groups in total. The summed E-state index contributed by atoms with van der Waals surface area (Å²) in [5, 5.41) is 11.4. The van der Waals surface area contributed by atoms with E-state index in [1.165, 1.54) is 11.1 Å². The molecule has 0 unspecified atom stereocenters. The molecule has 0 aromatic heterocycles. The van der Waals surface area contributed by atoms with Crippen molar-refractivity contribution in [3.63, 3.8) is 0 Å². The van der Waals surface area contributed by atoms with Crippen LogP contribution in [0.15, 0.2) is 18.2 Å². The molecule has 0 spiro atoms. The molecule has 0 saturated heterocycles. The number of fused-ring (bicyclic) bond motifs is 3. The Morgan fingerprint density at radius 2 is 2.00 bits per heavy atom. The van der Waals surface area contributed by atoms with Gasteiger partial charge in [0.1, 0.15) is 11.5 Å². The zero-order valence-electron chi connectivity index (χ0n) is 15.3. The fourth-order valence-electron chi connectivity index (χ4n) is 7.44. The predicted octanol–water partition coefficient (Wildman–Crippen LogP) is 4.02. The summed E-state index contributed by atoms with van der Waals surface area (Å²) in [4.78, 5) is 12.5. The summed E-state index contributed by atoms with van der Waals surface area (Å²) in [7, 11) is 1.73. The minimum atomic E-state index is -0.756. The van der Waals surface area contributed by atoms with E-state index in [4.69, 9.17) is 4.74 Å². The molecule has 4 aliphatic rings. The summed E-state index contributed by atoms with van der Waals surface area (Å²) in [5.41, 5.74) is 2.07. The lowest BCUT2D eigenvalue weighted by atomic mass is 9.42. The van der Waals surface area contributed by atoms with Crippen LogP contribution < -0.4 is 4.74 Å². The lowest BCUT2D eigenvalue weighted by Gasteiger charge is -2.62. The van der Waals surface area contributed by atoms with Crippen LogP contribution in [0.2, 0.25) is 0 Å². The van der Waals surface area contributed by atoms with Gasteiger partial charge in [-0.25, -0.2) is 0 Å². The molecule has 3 saturated carbocycles. The highest BCUT2D eigenvalue weighted by atomic mass is 16.5. The van der Waals surface area contributed by atoms with Gasteiger partial charge in [0.15, 0.2) is 0 Å². The van der Waals surface area contributed by atoms with E-state index >= 15 is 0 Å². The minimum Gasteiger partial charge on any atom is -0.497 e. The summed E-state index contributed by atoms with van der Waals surface area (Å²) < 4.78 is 5.42. The average Bonchev–Trinajstić information content (AvgIpc) is 2.73. The molecule has 3 heteroatoms. The second kappa shape index (κ2) is 4.88. The minimum absolute atomic E-state index is 0.0115. The van der Waals surface area contributed by atoms with Gasteiger partial charge in [-0.05, 0) is 79.0 Å². The largest absolute Gasteiger partial charge is 0.497 e. The first kappa shape index (κ1) is 15.9. The Labute approximate surface area is 149 Å². The summed E-state index contributed by atoms with van der Waals surface area (Å²) in [5.74, 6) is 2.30. The molecule has 3 fully saturated rings. The molecule has 3 nitrogen and oxygen atoms in total. The Morgan fingerprint density at radius 1 is 1.16 bits per heavy atom. The van der Waals surface area contributed by atoms with Gasteiger partial charge < -0.3 is 9.84 Å². The summed E-state index contributed by atoms with van der Waals surface area (Å²) >= 11 is 0. The quantitative estimate of drug-likeness (QED) is 0.840. The van der Waals surface area contributed by atoms with Gasteiger partial charge in [-0.1, -0.05) is 13.0 Å². The number of aryl methyl sites for hydroxylation is 1. The Hall–Kier alpha value is -1.35. The van der Waals surface area contributed by atoms with E-state index in [0.717, 1.165) is 44.3 Å². The number of methoxy groups -OCH3 is 1. The average molecular weight is 340 g/mol. The van der Waals surface area contributed by atoms with E-state index in [9.17, 15) is 9.90 Å². The number of ketones is 1. The van der Waals surface area contributed by atoms with Gasteiger partial charge in [0.25, 0.3) is 0 Å². The predicted molar refractivity (Wildman–Crippen MR) is 95.7 cm³/mol. The van der Waals surface area contributed by atoms with E-state index < -0.39 is 5.60 Å². The fourth-order valence-corrected chi connectivity index (χ4v) is 7.44. The Kier molecular flexibility index (Phi) is 3.10. The number of aliphatic hydroxyl groups is 1. The maximum atomic E-state index is 12.5. The van der Waals surface area contributed by atoms with Gasteiger partial charge in [0.2, 0.25) is 0 Å². The van der Waals surface area contributed by atoms with Crippen molar-refractivity contribution in [2.75, 3.05) is 7.11 Å². The molecule has 0 heterocycles. The molecule has 5 rings (SSSR count). The Morgan fingerprint density at radius 3 is 2.80 bits per heavy atom. The SMILES string of the molecule is COc1ccc2c(c1)CC[C@@H]1[C@@H]2CC[C@]2(C)[C@]3(O)CC[C@]12CC(=O)C3. The van der Waals surface area contributed by atoms with Crippen LogP contribution in [-0.2, 0) is 11.2 Å². The second-order valence-corrected chi connectivity index (χ2v) is 9.27. The standard InChI is InChI=1S/C22H28O3/c1-20-8-7-18-17-5-4-16(25-2)11-14(17)3-6-19(18)21(20)9-10-22(20,24)13-15(23)12-21/h4-5,11,18-19,24H,3,6-10,12-13H2,1-2H3/t18-,19-,20+,21+,22+/m1/s1. The first-order valence-corrected chi connectivity index (χ1v) is 9.83. The van der Waals surface area contributed by atoms with Crippen molar-refractivity contribution in [3.8, 4) is 5.75 Å². The Balaban J connectivity index is 1.61. The fraction of sp³-hybridized carbons (Fsp3) is 0.682. The molecule has 134 valence electrons. The lowest BCUT2D eigenvalue weighted by molar-refractivity contribution is -0.183. The molecular weight excluding hydrogens is 312 g/mol. The normalized spacial score (nSPS) is 44.7. The third kappa shape index (κ3) is 1.78. The molecule has 0 amide bonds. The number of hydrogen-bond donors (Lipinski definition) is 1. The molecule has 0 aliphatic heterocycles. The summed E-state index contributed by atoms with van der Waals surface area (Å²) in [6.45, 7) is 2.30. The van der Waals surface area contributed by atoms with Gasteiger partial charge in [0, 0.05) is 18.3 Å². The van der Waals surface area contributed by atoms with E-state index in [2.05, 4.69) is 25.1 Å². The molecule has 2 bridgehead atoms. The maximum Gasteiger partial charge on any atom is 0.136 e. The Bertz CT molecular complexity index is 756. The molecule has 0 radical (unpaired) electrons. The monoisotopic (exact) mass is 340 g/mol. The number of Topliss-reactive ketones (excluding diaryl/α,β-unsaturated/α-hetero) is 1. The topological polar surface area (TPSA) is 46.5 Å². The third-order valence-corrected chi connectivity index (χ3v) is 8.74. The van der Waals surface area contributed by atoms with E-state index in [0.29, 0.717) is 30.5 Å². The van der Waals surface area contributed by atoms with E-state index in [1.807, 2.05) is 0 Å². The molecule has 5 atom stereocenters. The van der Waals surface area contributed by atoms with Gasteiger partial charge in [0.05, 0.1) is 12.7 Å². The number of carbonyl (C=O) groups is 1. The smallest absolute Gasteiger partial charge is 0.136 e.